The zero-order valence-electron chi connectivity index (χ0n) is 15.3. The summed E-state index contributed by atoms with van der Waals surface area (Å²) in [5, 5.41) is 0.327. The highest BCUT2D eigenvalue weighted by Gasteiger charge is 2.66. The summed E-state index contributed by atoms with van der Waals surface area (Å²) in [5.41, 5.74) is 0.334. The van der Waals surface area contributed by atoms with Gasteiger partial charge in [-0.1, -0.05) is 18.3 Å². The number of carbonyl (C=O) groups excluding carboxylic acids is 1. The minimum Gasteiger partial charge on any atom is -0.421 e. The van der Waals surface area contributed by atoms with E-state index < -0.39 is 23.7 Å². The van der Waals surface area contributed by atoms with Gasteiger partial charge < -0.3 is 19.3 Å². The molecule has 0 aromatic heterocycles. The minimum absolute atomic E-state index is 0.0908. The van der Waals surface area contributed by atoms with E-state index in [1.807, 2.05) is 6.92 Å². The number of benzene rings is 1. The van der Waals surface area contributed by atoms with Crippen LogP contribution in [-0.4, -0.2) is 47.4 Å². The molecular weight excluding hydrogens is 414 g/mol. The van der Waals surface area contributed by atoms with E-state index in [4.69, 9.17) is 0 Å². The molecule has 3 aliphatic rings. The molecule has 1 aromatic carbocycles. The molecule has 0 bridgehead atoms. The molecule has 0 saturated carbocycles. The number of nitrogens with zero attached hydrogens (tertiary/aromatic N) is 3. The van der Waals surface area contributed by atoms with E-state index in [0.29, 0.717) is 22.3 Å². The number of carbonyl (C=O) groups is 1. The van der Waals surface area contributed by atoms with Crippen LogP contribution >= 0.6 is 11.8 Å². The zero-order valence-corrected chi connectivity index (χ0v) is 16.1. The maximum Gasteiger partial charge on any atom is 0.507 e. The van der Waals surface area contributed by atoms with E-state index in [9.17, 15) is 22.4 Å². The number of aliphatic imine (C=N–C) groups is 1. The maximum atomic E-state index is 13.5. The predicted octanol–water partition coefficient (Wildman–Crippen LogP) is 4.67. The van der Waals surface area contributed by atoms with Gasteiger partial charge in [0.2, 0.25) is 0 Å². The van der Waals surface area contributed by atoms with Gasteiger partial charge in [-0.25, -0.2) is 4.79 Å². The number of halogens is 4. The first-order valence-electron chi connectivity index (χ1n) is 8.87. The normalized spacial score (nSPS) is 26.3. The molecule has 1 aromatic rings. The van der Waals surface area contributed by atoms with Crippen molar-refractivity contribution in [3.05, 3.63) is 29.7 Å². The third-order valence-corrected chi connectivity index (χ3v) is 5.76. The molecule has 2 fully saturated rings. The Bertz CT molecular complexity index is 908. The van der Waals surface area contributed by atoms with Crippen molar-refractivity contribution in [2.75, 3.05) is 18.0 Å². The Balaban J connectivity index is 1.63. The maximum absolute atomic E-state index is 13.5. The van der Waals surface area contributed by atoms with Crippen molar-refractivity contribution in [3.63, 3.8) is 0 Å². The van der Waals surface area contributed by atoms with E-state index in [-0.39, 0.29) is 18.6 Å². The van der Waals surface area contributed by atoms with Crippen molar-refractivity contribution < 1.29 is 31.8 Å². The lowest BCUT2D eigenvalue weighted by Gasteiger charge is -2.32. The Morgan fingerprint density at radius 2 is 1.93 bits per heavy atom. The summed E-state index contributed by atoms with van der Waals surface area (Å²) in [5.74, 6) is -1.03. The minimum atomic E-state index is -4.80. The molecule has 3 heterocycles. The second-order valence-electron chi connectivity index (χ2n) is 6.96. The summed E-state index contributed by atoms with van der Waals surface area (Å²) in [4.78, 5) is 20.6. The fourth-order valence-corrected chi connectivity index (χ4v) is 4.19. The third kappa shape index (κ3) is 3.52. The highest BCUT2D eigenvalue weighted by atomic mass is 32.2. The number of amides is 2. The third-order valence-electron chi connectivity index (χ3n) is 4.85. The van der Waals surface area contributed by atoms with Gasteiger partial charge in [-0.2, -0.15) is 22.6 Å². The number of anilines is 1. The van der Waals surface area contributed by atoms with Gasteiger partial charge in [-0.05, 0) is 31.9 Å². The van der Waals surface area contributed by atoms with Crippen LogP contribution in [0.25, 0.3) is 0 Å². The van der Waals surface area contributed by atoms with Crippen molar-refractivity contribution in [2.24, 2.45) is 4.99 Å². The number of thioether (sulfide) groups is 1. The lowest BCUT2D eigenvalue weighted by molar-refractivity contribution is -0.391. The highest BCUT2D eigenvalue weighted by molar-refractivity contribution is 8.18. The number of rotatable bonds is 1. The van der Waals surface area contributed by atoms with Crippen LogP contribution in [0, 0.1) is 0 Å². The fourth-order valence-electron chi connectivity index (χ4n) is 3.33. The van der Waals surface area contributed by atoms with E-state index in [1.54, 1.807) is 9.80 Å². The van der Waals surface area contributed by atoms with Gasteiger partial charge in [0.05, 0.1) is 6.54 Å². The Morgan fingerprint density at radius 1 is 1.24 bits per heavy atom. The van der Waals surface area contributed by atoms with Crippen LogP contribution in [0.1, 0.15) is 19.8 Å². The molecule has 0 N–H and O–H groups in total. The number of alkyl halides is 4. The number of amidine groups is 1. The number of hydrogen-bond acceptors (Lipinski definition) is 4. The summed E-state index contributed by atoms with van der Waals surface area (Å²) in [6.45, 7) is 6.71. The molecule has 3 aliphatic heterocycles. The first-order chi connectivity index (χ1) is 13.6. The second kappa shape index (κ2) is 6.82. The van der Waals surface area contributed by atoms with E-state index in [2.05, 4.69) is 21.0 Å². The molecule has 6 nitrogen and oxygen atoms in total. The van der Waals surface area contributed by atoms with Crippen LogP contribution in [-0.2, 0) is 0 Å². The van der Waals surface area contributed by atoms with E-state index in [0.717, 1.165) is 25.0 Å². The summed E-state index contributed by atoms with van der Waals surface area (Å²) < 4.78 is 61.9. The summed E-state index contributed by atoms with van der Waals surface area (Å²) in [7, 11) is 0. The molecule has 156 valence electrons. The topological polar surface area (TPSA) is 54.4 Å². The van der Waals surface area contributed by atoms with Crippen molar-refractivity contribution in [1.82, 2.24) is 4.90 Å². The molecule has 4 rings (SSSR count). The molecule has 0 spiro atoms. The Kier molecular flexibility index (Phi) is 4.67. The van der Waals surface area contributed by atoms with E-state index >= 15 is 0 Å². The molecular formula is C18H17F4N3O3S. The number of likely N-dealkylation sites (tertiary alicyclic amines) is 1. The number of hydrogen-bond donors (Lipinski definition) is 0. The van der Waals surface area contributed by atoms with Crippen LogP contribution < -0.4 is 14.4 Å². The number of ether oxygens (including phenoxy) is 2. The van der Waals surface area contributed by atoms with Crippen LogP contribution in [0.2, 0.25) is 0 Å². The number of fused-ring (bicyclic) bond motifs is 1. The quantitative estimate of drug-likeness (QED) is 0.605. The Labute approximate surface area is 168 Å². The molecule has 2 amide bonds. The van der Waals surface area contributed by atoms with Crippen molar-refractivity contribution in [1.29, 1.82) is 0 Å². The molecule has 0 radical (unpaired) electrons. The van der Waals surface area contributed by atoms with Gasteiger partial charge >= 0.3 is 18.2 Å². The van der Waals surface area contributed by atoms with Gasteiger partial charge in [0.1, 0.15) is 0 Å². The van der Waals surface area contributed by atoms with Crippen LogP contribution in [0.3, 0.4) is 0 Å². The average molecular weight is 431 g/mol. The van der Waals surface area contributed by atoms with Crippen LogP contribution in [0.5, 0.6) is 11.5 Å². The summed E-state index contributed by atoms with van der Waals surface area (Å²) >= 11 is 1.19. The largest absolute Gasteiger partial charge is 0.507 e. The first kappa shape index (κ1) is 19.9. The second-order valence-corrected chi connectivity index (χ2v) is 8.10. The van der Waals surface area contributed by atoms with Gasteiger partial charge in [0, 0.05) is 29.2 Å². The van der Waals surface area contributed by atoms with Crippen molar-refractivity contribution >= 4 is 28.6 Å². The van der Waals surface area contributed by atoms with Crippen molar-refractivity contribution in [2.45, 2.75) is 38.0 Å². The van der Waals surface area contributed by atoms with Crippen LogP contribution in [0.4, 0.5) is 28.0 Å². The SMILES string of the molecule is C=C1CN(c2ccc3c(c2)OC(F)(F)C(F)(F)O3)C(=NC(=O)N2CCC[C@@H]2C)S1. The number of urea groups is 1. The predicted molar refractivity (Wildman–Crippen MR) is 99.9 cm³/mol. The summed E-state index contributed by atoms with van der Waals surface area (Å²) in [6.07, 6.45) is -7.77. The van der Waals surface area contributed by atoms with Gasteiger partial charge in [-0.3, -0.25) is 0 Å². The Morgan fingerprint density at radius 3 is 2.59 bits per heavy atom. The molecule has 0 aliphatic carbocycles. The standard InChI is InChI=1S/C18H17F4N3O3S/c1-10-4-3-7-24(10)15(26)23-16-25(9-11(2)29-16)12-5-6-13-14(8-12)28-18(21,22)17(19,20)27-13/h5-6,8,10H,2-4,7,9H2,1H3/t10-/m0/s1. The van der Waals surface area contributed by atoms with Crippen molar-refractivity contribution in [3.8, 4) is 11.5 Å². The van der Waals surface area contributed by atoms with Gasteiger partial charge in [0.15, 0.2) is 16.7 Å². The van der Waals surface area contributed by atoms with Crippen LogP contribution in [0.15, 0.2) is 34.7 Å². The van der Waals surface area contributed by atoms with Gasteiger partial charge in [0.25, 0.3) is 0 Å². The monoisotopic (exact) mass is 431 g/mol. The zero-order chi connectivity index (χ0) is 21.0. The average Bonchev–Trinajstić information content (AvgIpc) is 3.20. The lowest BCUT2D eigenvalue weighted by Crippen LogP contribution is -2.52. The fraction of sp³-hybridized carbons (Fsp3) is 0.444. The highest BCUT2D eigenvalue weighted by Crippen LogP contribution is 2.48. The molecule has 0 unspecified atom stereocenters. The first-order valence-corrected chi connectivity index (χ1v) is 9.69. The smallest absolute Gasteiger partial charge is 0.421 e. The van der Waals surface area contributed by atoms with Gasteiger partial charge in [-0.15, -0.1) is 0 Å². The lowest BCUT2D eigenvalue weighted by atomic mass is 10.2. The van der Waals surface area contributed by atoms with E-state index in [1.165, 1.54) is 17.8 Å². The molecule has 2 saturated heterocycles. The molecule has 11 heteroatoms. The molecule has 29 heavy (non-hydrogen) atoms. The summed E-state index contributed by atoms with van der Waals surface area (Å²) in [6, 6.07) is 3.37. The Hall–Kier alpha value is -2.43. The molecule has 1 atom stereocenters.